The topological polar surface area (TPSA) is 38.8 Å². The standard InChI is InChI=1S/C14H26ClNO3/c1-2-3-4-5-8-16(13(17)11-15)12-14-18-9-6-7-10-19-14/h14H,2-12H2,1H3. The van der Waals surface area contributed by atoms with Crippen molar-refractivity contribution in [3.05, 3.63) is 0 Å². The molecule has 1 rings (SSSR count). The first-order valence-electron chi connectivity index (χ1n) is 7.35. The average molecular weight is 292 g/mol. The van der Waals surface area contributed by atoms with Crippen LogP contribution in [0.25, 0.3) is 0 Å². The second-order valence-corrected chi connectivity index (χ2v) is 5.18. The highest BCUT2D eigenvalue weighted by Crippen LogP contribution is 2.10. The minimum atomic E-state index is -0.291. The summed E-state index contributed by atoms with van der Waals surface area (Å²) < 4.78 is 11.2. The Morgan fingerprint density at radius 1 is 1.21 bits per heavy atom. The number of amides is 1. The highest BCUT2D eigenvalue weighted by Gasteiger charge is 2.20. The van der Waals surface area contributed by atoms with E-state index < -0.39 is 0 Å². The van der Waals surface area contributed by atoms with Crippen molar-refractivity contribution in [2.24, 2.45) is 0 Å². The van der Waals surface area contributed by atoms with Crippen molar-refractivity contribution >= 4 is 17.5 Å². The lowest BCUT2D eigenvalue weighted by Gasteiger charge is -2.26. The third-order valence-electron chi connectivity index (χ3n) is 3.26. The van der Waals surface area contributed by atoms with Gasteiger partial charge in [0.05, 0.1) is 6.54 Å². The molecule has 0 atom stereocenters. The molecule has 0 N–H and O–H groups in total. The van der Waals surface area contributed by atoms with Gasteiger partial charge in [-0.15, -0.1) is 11.6 Å². The van der Waals surface area contributed by atoms with Gasteiger partial charge in [0, 0.05) is 19.8 Å². The summed E-state index contributed by atoms with van der Waals surface area (Å²) in [6, 6.07) is 0. The van der Waals surface area contributed by atoms with E-state index in [1.54, 1.807) is 4.90 Å². The minimum Gasteiger partial charge on any atom is -0.351 e. The van der Waals surface area contributed by atoms with Gasteiger partial charge in [-0.25, -0.2) is 0 Å². The Kier molecular flexibility index (Phi) is 9.22. The Labute approximate surface area is 121 Å². The first-order chi connectivity index (χ1) is 9.27. The molecule has 19 heavy (non-hydrogen) atoms. The second kappa shape index (κ2) is 10.5. The van der Waals surface area contributed by atoms with Gasteiger partial charge >= 0.3 is 0 Å². The molecule has 1 saturated heterocycles. The molecule has 1 aliphatic heterocycles. The lowest BCUT2D eigenvalue weighted by atomic mass is 10.2. The van der Waals surface area contributed by atoms with Gasteiger partial charge in [0.25, 0.3) is 0 Å². The van der Waals surface area contributed by atoms with Gasteiger partial charge in [0.1, 0.15) is 5.88 Å². The van der Waals surface area contributed by atoms with Gasteiger partial charge in [-0.1, -0.05) is 26.2 Å². The lowest BCUT2D eigenvalue weighted by molar-refractivity contribution is -0.152. The molecule has 0 bridgehead atoms. The molecular weight excluding hydrogens is 266 g/mol. The monoisotopic (exact) mass is 291 g/mol. The maximum atomic E-state index is 11.8. The fourth-order valence-corrected chi connectivity index (χ4v) is 2.27. The van der Waals surface area contributed by atoms with Crippen LogP contribution in [0.3, 0.4) is 0 Å². The molecule has 0 radical (unpaired) electrons. The van der Waals surface area contributed by atoms with Crippen molar-refractivity contribution < 1.29 is 14.3 Å². The summed E-state index contributed by atoms with van der Waals surface area (Å²) >= 11 is 5.66. The van der Waals surface area contributed by atoms with Crippen LogP contribution in [0.2, 0.25) is 0 Å². The number of halogens is 1. The maximum Gasteiger partial charge on any atom is 0.237 e. The number of unbranched alkanes of at least 4 members (excludes halogenated alkanes) is 3. The van der Waals surface area contributed by atoms with Crippen LogP contribution in [0, 0.1) is 0 Å². The Hall–Kier alpha value is -0.320. The number of ether oxygens (including phenoxy) is 2. The smallest absolute Gasteiger partial charge is 0.237 e. The van der Waals surface area contributed by atoms with Crippen molar-refractivity contribution in [1.82, 2.24) is 4.90 Å². The summed E-state index contributed by atoms with van der Waals surface area (Å²) in [6.07, 6.45) is 6.32. The molecular formula is C14H26ClNO3. The van der Waals surface area contributed by atoms with Crippen LogP contribution in [-0.4, -0.2) is 49.3 Å². The fourth-order valence-electron chi connectivity index (χ4n) is 2.10. The van der Waals surface area contributed by atoms with Crippen LogP contribution >= 0.6 is 11.6 Å². The molecule has 0 aromatic rings. The zero-order chi connectivity index (χ0) is 13.9. The van der Waals surface area contributed by atoms with Crippen molar-refractivity contribution in [3.8, 4) is 0 Å². The summed E-state index contributed by atoms with van der Waals surface area (Å²) in [4.78, 5) is 13.6. The number of nitrogens with zero attached hydrogens (tertiary/aromatic N) is 1. The van der Waals surface area contributed by atoms with Crippen LogP contribution in [0.15, 0.2) is 0 Å². The highest BCUT2D eigenvalue weighted by molar-refractivity contribution is 6.27. The third-order valence-corrected chi connectivity index (χ3v) is 3.49. The van der Waals surface area contributed by atoms with Gasteiger partial charge < -0.3 is 14.4 Å². The fraction of sp³-hybridized carbons (Fsp3) is 0.929. The van der Waals surface area contributed by atoms with E-state index in [2.05, 4.69) is 6.92 Å². The molecule has 112 valence electrons. The van der Waals surface area contributed by atoms with E-state index in [1.807, 2.05) is 0 Å². The maximum absolute atomic E-state index is 11.8. The van der Waals surface area contributed by atoms with Gasteiger partial charge in [-0.3, -0.25) is 4.79 Å². The van der Waals surface area contributed by atoms with Crippen molar-refractivity contribution in [2.45, 2.75) is 51.7 Å². The zero-order valence-electron chi connectivity index (χ0n) is 11.9. The number of hydrogen-bond acceptors (Lipinski definition) is 3. The van der Waals surface area contributed by atoms with Crippen LogP contribution in [0.5, 0.6) is 0 Å². The van der Waals surface area contributed by atoms with E-state index in [-0.39, 0.29) is 18.1 Å². The highest BCUT2D eigenvalue weighted by atomic mass is 35.5. The van der Waals surface area contributed by atoms with E-state index in [0.29, 0.717) is 19.8 Å². The predicted molar refractivity (Wildman–Crippen MR) is 76.4 cm³/mol. The minimum absolute atomic E-state index is 0.0283. The molecule has 1 aliphatic rings. The first-order valence-corrected chi connectivity index (χ1v) is 7.88. The zero-order valence-corrected chi connectivity index (χ0v) is 12.7. The normalized spacial score (nSPS) is 17.2. The molecule has 1 heterocycles. The van der Waals surface area contributed by atoms with Gasteiger partial charge in [-0.05, 0) is 19.3 Å². The quantitative estimate of drug-likeness (QED) is 0.510. The molecule has 1 amide bonds. The van der Waals surface area contributed by atoms with E-state index in [4.69, 9.17) is 21.1 Å². The summed E-state index contributed by atoms with van der Waals surface area (Å²) in [6.45, 7) is 4.84. The van der Waals surface area contributed by atoms with Gasteiger partial charge in [-0.2, -0.15) is 0 Å². The Balaban J connectivity index is 2.36. The average Bonchev–Trinajstić information content (AvgIpc) is 2.70. The lowest BCUT2D eigenvalue weighted by Crippen LogP contribution is -2.40. The van der Waals surface area contributed by atoms with Crippen molar-refractivity contribution in [3.63, 3.8) is 0 Å². The van der Waals surface area contributed by atoms with Crippen LogP contribution in [-0.2, 0) is 14.3 Å². The molecule has 0 aromatic carbocycles. The molecule has 0 saturated carbocycles. The van der Waals surface area contributed by atoms with E-state index in [9.17, 15) is 4.79 Å². The van der Waals surface area contributed by atoms with E-state index in [0.717, 1.165) is 32.2 Å². The molecule has 5 heteroatoms. The third kappa shape index (κ3) is 7.14. The Bertz CT molecular complexity index is 243. The second-order valence-electron chi connectivity index (χ2n) is 4.91. The largest absolute Gasteiger partial charge is 0.351 e. The van der Waals surface area contributed by atoms with Crippen LogP contribution in [0.1, 0.15) is 45.4 Å². The van der Waals surface area contributed by atoms with Crippen LogP contribution < -0.4 is 0 Å². The Morgan fingerprint density at radius 3 is 2.47 bits per heavy atom. The molecule has 0 aromatic heterocycles. The first kappa shape index (κ1) is 16.7. The predicted octanol–water partition coefficient (Wildman–Crippen LogP) is 2.79. The summed E-state index contributed by atoms with van der Waals surface area (Å²) in [5.41, 5.74) is 0. The summed E-state index contributed by atoms with van der Waals surface area (Å²) in [5.74, 6) is -0.00449. The van der Waals surface area contributed by atoms with Gasteiger partial charge in [0.15, 0.2) is 6.29 Å². The molecule has 1 fully saturated rings. The van der Waals surface area contributed by atoms with Crippen molar-refractivity contribution in [2.75, 3.05) is 32.2 Å². The Morgan fingerprint density at radius 2 is 1.89 bits per heavy atom. The number of carbonyl (C=O) groups is 1. The number of carbonyl (C=O) groups excluding carboxylic acids is 1. The molecule has 0 unspecified atom stereocenters. The number of rotatable bonds is 8. The van der Waals surface area contributed by atoms with Crippen LogP contribution in [0.4, 0.5) is 0 Å². The molecule has 0 spiro atoms. The van der Waals surface area contributed by atoms with Gasteiger partial charge in [0.2, 0.25) is 5.91 Å². The molecule has 0 aliphatic carbocycles. The summed E-state index contributed by atoms with van der Waals surface area (Å²) in [5, 5.41) is 0. The number of alkyl halides is 1. The van der Waals surface area contributed by atoms with Crippen molar-refractivity contribution in [1.29, 1.82) is 0 Å². The SMILES string of the molecule is CCCCCCN(CC1OCCCCO1)C(=O)CCl. The summed E-state index contributed by atoms with van der Waals surface area (Å²) in [7, 11) is 0. The molecule has 4 nitrogen and oxygen atoms in total. The van der Waals surface area contributed by atoms with E-state index in [1.165, 1.54) is 12.8 Å². The van der Waals surface area contributed by atoms with E-state index >= 15 is 0 Å². The number of hydrogen-bond donors (Lipinski definition) is 0.